The summed E-state index contributed by atoms with van der Waals surface area (Å²) in [7, 11) is 0. The van der Waals surface area contributed by atoms with Crippen molar-refractivity contribution in [3.05, 3.63) is 5.82 Å². The van der Waals surface area contributed by atoms with Gasteiger partial charge in [-0.25, -0.2) is 0 Å². The molecule has 1 aliphatic heterocycles. The van der Waals surface area contributed by atoms with Crippen molar-refractivity contribution >= 4 is 23.4 Å². The van der Waals surface area contributed by atoms with Gasteiger partial charge in [-0.15, -0.1) is 10.2 Å². The van der Waals surface area contributed by atoms with E-state index in [0.29, 0.717) is 16.8 Å². The molecule has 1 N–H and O–H groups in total. The lowest BCUT2D eigenvalue weighted by molar-refractivity contribution is -0.135. The highest BCUT2D eigenvalue weighted by Gasteiger charge is 2.35. The monoisotopic (exact) mass is 238 g/mol. The summed E-state index contributed by atoms with van der Waals surface area (Å²) in [5.74, 6) is 0.443. The normalized spacial score (nSPS) is 23.8. The molecule has 0 bridgehead atoms. The molecule has 0 aromatic carbocycles. The summed E-state index contributed by atoms with van der Waals surface area (Å²) in [6.07, 6.45) is 2.25. The van der Waals surface area contributed by atoms with Crippen LogP contribution in [0.2, 0.25) is 0 Å². The predicted molar refractivity (Wildman–Crippen MR) is 57.8 cm³/mol. The molecule has 1 aromatic rings. The van der Waals surface area contributed by atoms with Gasteiger partial charge >= 0.3 is 5.97 Å². The molecule has 3 rings (SSSR count). The van der Waals surface area contributed by atoms with E-state index in [2.05, 4.69) is 15.3 Å². The summed E-state index contributed by atoms with van der Waals surface area (Å²) in [6.45, 7) is 1.73. The zero-order valence-electron chi connectivity index (χ0n) is 8.62. The third kappa shape index (κ3) is 1.42. The van der Waals surface area contributed by atoms with Crippen molar-refractivity contribution in [2.45, 2.75) is 36.1 Å². The van der Waals surface area contributed by atoms with Crippen molar-refractivity contribution < 1.29 is 9.90 Å². The Bertz CT molecular complexity index is 492. The van der Waals surface area contributed by atoms with E-state index in [0.717, 1.165) is 18.7 Å². The summed E-state index contributed by atoms with van der Waals surface area (Å²) in [5, 5.41) is 21.3. The Morgan fingerprint density at radius 1 is 1.50 bits per heavy atom. The van der Waals surface area contributed by atoms with E-state index in [1.54, 1.807) is 11.6 Å². The summed E-state index contributed by atoms with van der Waals surface area (Å²) in [4.78, 5) is 11.0. The van der Waals surface area contributed by atoms with Crippen LogP contribution < -0.4 is 0 Å². The molecule has 2 heterocycles. The molecule has 1 unspecified atom stereocenters. The van der Waals surface area contributed by atoms with Gasteiger partial charge in [0.05, 0.1) is 5.71 Å². The van der Waals surface area contributed by atoms with E-state index in [-0.39, 0.29) is 0 Å². The summed E-state index contributed by atoms with van der Waals surface area (Å²) >= 11 is 1.20. The summed E-state index contributed by atoms with van der Waals surface area (Å²) < 4.78 is 1.69. The molecule has 6 nitrogen and oxygen atoms in total. The van der Waals surface area contributed by atoms with Crippen LogP contribution in [-0.2, 0) is 4.79 Å². The van der Waals surface area contributed by atoms with Crippen molar-refractivity contribution in [3.63, 3.8) is 0 Å². The maximum absolute atomic E-state index is 11.0. The average molecular weight is 238 g/mol. The van der Waals surface area contributed by atoms with Crippen molar-refractivity contribution in [2.24, 2.45) is 5.10 Å². The Hall–Kier alpha value is -1.37. The van der Waals surface area contributed by atoms with Gasteiger partial charge in [0.25, 0.3) is 0 Å². The third-order valence-electron chi connectivity index (χ3n) is 2.66. The van der Waals surface area contributed by atoms with Gasteiger partial charge in [-0.3, -0.25) is 4.79 Å². The molecule has 16 heavy (non-hydrogen) atoms. The van der Waals surface area contributed by atoms with Gasteiger partial charge < -0.3 is 5.11 Å². The Morgan fingerprint density at radius 2 is 2.25 bits per heavy atom. The number of rotatable bonds is 2. The minimum atomic E-state index is -0.881. The van der Waals surface area contributed by atoms with Crippen LogP contribution in [0.4, 0.5) is 0 Å². The predicted octanol–water partition coefficient (Wildman–Crippen LogP) is 0.938. The van der Waals surface area contributed by atoms with Gasteiger partial charge in [-0.05, 0) is 19.8 Å². The van der Waals surface area contributed by atoms with Gasteiger partial charge in [0.1, 0.15) is 5.25 Å². The van der Waals surface area contributed by atoms with Crippen LogP contribution in [0.1, 0.15) is 31.5 Å². The minimum absolute atomic E-state index is 0.458. The highest BCUT2D eigenvalue weighted by atomic mass is 32.2. The van der Waals surface area contributed by atoms with E-state index in [1.165, 1.54) is 11.8 Å². The first-order chi connectivity index (χ1) is 7.66. The van der Waals surface area contributed by atoms with Crippen molar-refractivity contribution in [3.8, 4) is 0 Å². The number of aromatic nitrogens is 3. The molecular weight excluding hydrogens is 228 g/mol. The maximum Gasteiger partial charge on any atom is 0.322 e. The molecule has 0 amide bonds. The molecule has 1 saturated carbocycles. The molecule has 1 aromatic heterocycles. The molecule has 84 valence electrons. The number of carboxylic acid groups (broad SMARTS) is 1. The highest BCUT2D eigenvalue weighted by molar-refractivity contribution is 8.01. The van der Waals surface area contributed by atoms with E-state index in [9.17, 15) is 4.79 Å². The molecule has 2 aliphatic rings. The van der Waals surface area contributed by atoms with Gasteiger partial charge in [0, 0.05) is 5.92 Å². The smallest absolute Gasteiger partial charge is 0.322 e. The molecule has 7 heteroatoms. The molecule has 1 atom stereocenters. The number of fused-ring (bicyclic) bond motifs is 1. The molecule has 0 saturated heterocycles. The molecule has 1 aliphatic carbocycles. The van der Waals surface area contributed by atoms with E-state index in [4.69, 9.17) is 5.11 Å². The van der Waals surface area contributed by atoms with Gasteiger partial charge in [0.2, 0.25) is 5.16 Å². The number of carbonyl (C=O) groups is 1. The lowest BCUT2D eigenvalue weighted by Crippen LogP contribution is -2.28. The molecular formula is C9H10N4O2S. The van der Waals surface area contributed by atoms with Gasteiger partial charge in [-0.1, -0.05) is 11.8 Å². The highest BCUT2D eigenvalue weighted by Crippen LogP contribution is 2.41. The van der Waals surface area contributed by atoms with Crippen molar-refractivity contribution in [2.75, 3.05) is 0 Å². The van der Waals surface area contributed by atoms with Gasteiger partial charge in [-0.2, -0.15) is 9.78 Å². The Labute approximate surface area is 95.7 Å². The van der Waals surface area contributed by atoms with E-state index >= 15 is 0 Å². The quantitative estimate of drug-likeness (QED) is 0.829. The lowest BCUT2D eigenvalue weighted by Gasteiger charge is -2.16. The fourth-order valence-corrected chi connectivity index (χ4v) is 2.52. The van der Waals surface area contributed by atoms with Crippen LogP contribution in [-0.4, -0.2) is 36.9 Å². The molecule has 0 radical (unpaired) electrons. The molecule has 1 fully saturated rings. The van der Waals surface area contributed by atoms with E-state index < -0.39 is 11.2 Å². The Balaban J connectivity index is 2.01. The van der Waals surface area contributed by atoms with E-state index in [1.807, 2.05) is 0 Å². The maximum atomic E-state index is 11.0. The first kappa shape index (κ1) is 9.83. The zero-order chi connectivity index (χ0) is 11.3. The summed E-state index contributed by atoms with van der Waals surface area (Å²) in [6, 6.07) is 0. The minimum Gasteiger partial charge on any atom is -0.480 e. The van der Waals surface area contributed by atoms with Crippen LogP contribution in [0.3, 0.4) is 0 Å². The second kappa shape index (κ2) is 3.31. The number of aliphatic carboxylic acids is 1. The zero-order valence-corrected chi connectivity index (χ0v) is 9.44. The molecule has 0 spiro atoms. The Morgan fingerprint density at radius 3 is 2.88 bits per heavy atom. The number of nitrogens with zero attached hydrogens (tertiary/aromatic N) is 4. The van der Waals surface area contributed by atoms with Gasteiger partial charge in [0.15, 0.2) is 5.82 Å². The topological polar surface area (TPSA) is 80.4 Å². The fraction of sp³-hybridized carbons (Fsp3) is 0.556. The summed E-state index contributed by atoms with van der Waals surface area (Å²) in [5.41, 5.74) is 0.590. The SMILES string of the molecule is CC1=Nn2c(nnc2C2CC2)SC1C(=O)O. The number of hydrogen-bond acceptors (Lipinski definition) is 5. The Kier molecular flexibility index (Phi) is 2.03. The number of hydrogen-bond donors (Lipinski definition) is 1. The first-order valence-corrected chi connectivity index (χ1v) is 5.95. The standard InChI is InChI=1S/C9H10N4O2S/c1-4-6(8(14)15)16-9-11-10-7(5-2-3-5)13(9)12-4/h5-6H,2-3H2,1H3,(H,14,15). The van der Waals surface area contributed by atoms with Crippen molar-refractivity contribution in [1.82, 2.24) is 14.9 Å². The van der Waals surface area contributed by atoms with Crippen LogP contribution in [0.15, 0.2) is 10.3 Å². The number of thioether (sulfide) groups is 1. The first-order valence-electron chi connectivity index (χ1n) is 5.07. The van der Waals surface area contributed by atoms with Crippen molar-refractivity contribution in [1.29, 1.82) is 0 Å². The number of carboxylic acids is 1. The van der Waals surface area contributed by atoms with Crippen LogP contribution in [0, 0.1) is 0 Å². The lowest BCUT2D eigenvalue weighted by atomic mass is 10.3. The fourth-order valence-electron chi connectivity index (χ4n) is 1.67. The second-order valence-corrected chi connectivity index (χ2v) is 5.08. The average Bonchev–Trinajstić information content (AvgIpc) is 2.99. The third-order valence-corrected chi connectivity index (χ3v) is 3.91. The second-order valence-electron chi connectivity index (χ2n) is 4.00. The largest absolute Gasteiger partial charge is 0.480 e. The van der Waals surface area contributed by atoms with Crippen LogP contribution in [0.25, 0.3) is 0 Å². The van der Waals surface area contributed by atoms with Crippen LogP contribution >= 0.6 is 11.8 Å². The van der Waals surface area contributed by atoms with Crippen LogP contribution in [0.5, 0.6) is 0 Å².